The van der Waals surface area contributed by atoms with Crippen LogP contribution in [0.2, 0.25) is 0 Å². The molecule has 1 heterocycles. The first-order valence-electron chi connectivity index (χ1n) is 8.42. The fourth-order valence-corrected chi connectivity index (χ4v) is 4.26. The van der Waals surface area contributed by atoms with Gasteiger partial charge in [0.2, 0.25) is 15.9 Å². The number of ether oxygens (including phenoxy) is 1. The Balaban J connectivity index is 1.69. The van der Waals surface area contributed by atoms with Crippen molar-refractivity contribution < 1.29 is 17.9 Å². The molecule has 1 aliphatic rings. The van der Waals surface area contributed by atoms with Gasteiger partial charge >= 0.3 is 0 Å². The molecule has 0 fully saturated rings. The highest BCUT2D eigenvalue weighted by Gasteiger charge is 2.28. The zero-order valence-corrected chi connectivity index (χ0v) is 15.6. The molecule has 2 aromatic rings. The van der Waals surface area contributed by atoms with E-state index < -0.39 is 16.1 Å². The summed E-state index contributed by atoms with van der Waals surface area (Å²) >= 11 is 0. The lowest BCUT2D eigenvalue weighted by molar-refractivity contribution is -0.133. The van der Waals surface area contributed by atoms with Gasteiger partial charge in [0.1, 0.15) is 5.75 Å². The third-order valence-electron chi connectivity index (χ3n) is 4.51. The molecule has 0 aliphatic carbocycles. The molecule has 1 N–H and O–H groups in total. The van der Waals surface area contributed by atoms with E-state index >= 15 is 0 Å². The maximum atomic E-state index is 12.7. The summed E-state index contributed by atoms with van der Waals surface area (Å²) in [5.74, 6) is 0.344. The maximum absolute atomic E-state index is 12.7. The number of nitrogens with zero attached hydrogens (tertiary/aromatic N) is 1. The van der Waals surface area contributed by atoms with Crippen LogP contribution in [-0.4, -0.2) is 38.9 Å². The van der Waals surface area contributed by atoms with Crippen molar-refractivity contribution in [1.29, 1.82) is 0 Å². The monoisotopic (exact) mass is 374 g/mol. The summed E-state index contributed by atoms with van der Waals surface area (Å²) in [7, 11) is -2.27. The quantitative estimate of drug-likeness (QED) is 0.868. The molecular formula is C19H22N2O4S. The van der Waals surface area contributed by atoms with Crippen molar-refractivity contribution in [3.8, 4) is 5.75 Å². The lowest BCUT2D eigenvalue weighted by Crippen LogP contribution is -2.48. The van der Waals surface area contributed by atoms with Crippen LogP contribution >= 0.6 is 0 Å². The topological polar surface area (TPSA) is 75.7 Å². The number of sulfonamides is 1. The van der Waals surface area contributed by atoms with E-state index in [1.165, 1.54) is 24.8 Å². The number of carbonyl (C=O) groups excluding carboxylic acids is 1. The highest BCUT2D eigenvalue weighted by Crippen LogP contribution is 2.20. The summed E-state index contributed by atoms with van der Waals surface area (Å²) in [6.45, 7) is 2.66. The van der Waals surface area contributed by atoms with E-state index in [1.807, 2.05) is 18.2 Å². The van der Waals surface area contributed by atoms with Crippen LogP contribution in [0.4, 0.5) is 0 Å². The first-order valence-corrected chi connectivity index (χ1v) is 9.91. The van der Waals surface area contributed by atoms with Gasteiger partial charge in [0.15, 0.2) is 0 Å². The molecule has 0 spiro atoms. The lowest BCUT2D eigenvalue weighted by atomic mass is 9.99. The minimum absolute atomic E-state index is 0.0990. The second-order valence-corrected chi connectivity index (χ2v) is 8.01. The van der Waals surface area contributed by atoms with E-state index in [9.17, 15) is 13.2 Å². The molecule has 7 heteroatoms. The number of rotatable bonds is 5. The van der Waals surface area contributed by atoms with E-state index in [2.05, 4.69) is 10.8 Å². The van der Waals surface area contributed by atoms with Gasteiger partial charge in [-0.05, 0) is 48.7 Å². The number of carbonyl (C=O) groups is 1. The van der Waals surface area contributed by atoms with Crippen molar-refractivity contribution in [3.63, 3.8) is 0 Å². The van der Waals surface area contributed by atoms with Crippen LogP contribution in [0, 0.1) is 0 Å². The van der Waals surface area contributed by atoms with Crippen molar-refractivity contribution in [1.82, 2.24) is 9.62 Å². The Morgan fingerprint density at radius 3 is 2.42 bits per heavy atom. The minimum Gasteiger partial charge on any atom is -0.497 e. The van der Waals surface area contributed by atoms with E-state index in [4.69, 9.17) is 4.74 Å². The highest BCUT2D eigenvalue weighted by atomic mass is 32.2. The Morgan fingerprint density at radius 1 is 1.12 bits per heavy atom. The van der Waals surface area contributed by atoms with Gasteiger partial charge in [0.25, 0.3) is 0 Å². The first kappa shape index (κ1) is 18.4. The molecule has 2 aromatic carbocycles. The molecule has 0 saturated heterocycles. The van der Waals surface area contributed by atoms with E-state index in [0.717, 1.165) is 12.0 Å². The lowest BCUT2D eigenvalue weighted by Gasteiger charge is -2.31. The average Bonchev–Trinajstić information content (AvgIpc) is 2.66. The Labute approximate surface area is 153 Å². The van der Waals surface area contributed by atoms with Crippen molar-refractivity contribution in [2.75, 3.05) is 13.7 Å². The number of hydrogen-bond donors (Lipinski definition) is 1. The molecule has 138 valence electrons. The van der Waals surface area contributed by atoms with Gasteiger partial charge in [-0.2, -0.15) is 4.72 Å². The second-order valence-electron chi connectivity index (χ2n) is 6.30. The summed E-state index contributed by atoms with van der Waals surface area (Å²) in [5.41, 5.74) is 2.35. The molecule has 6 nitrogen and oxygen atoms in total. The second kappa shape index (κ2) is 7.47. The van der Waals surface area contributed by atoms with Crippen molar-refractivity contribution >= 4 is 15.9 Å². The van der Waals surface area contributed by atoms with Crippen LogP contribution in [0.5, 0.6) is 5.75 Å². The standard InChI is InChI=1S/C19H22N2O4S/c1-14(20-26(23,24)18-9-7-17(25-2)8-10-18)19(22)21-12-11-15-5-3-4-6-16(15)13-21/h3-10,14,20H,11-13H2,1-2H3/t14-/m1/s1. The summed E-state index contributed by atoms with van der Waals surface area (Å²) in [6.07, 6.45) is 0.778. The van der Waals surface area contributed by atoms with E-state index in [1.54, 1.807) is 24.0 Å². The molecular weight excluding hydrogens is 352 g/mol. The Kier molecular flexibility index (Phi) is 5.29. The molecule has 0 saturated carbocycles. The van der Waals surface area contributed by atoms with Crippen LogP contribution in [0.15, 0.2) is 53.4 Å². The molecule has 0 bridgehead atoms. The van der Waals surface area contributed by atoms with Gasteiger partial charge in [-0.1, -0.05) is 24.3 Å². The Hall–Kier alpha value is -2.38. The predicted octanol–water partition coefficient (Wildman–Crippen LogP) is 1.95. The summed E-state index contributed by atoms with van der Waals surface area (Å²) < 4.78 is 32.5. The Bertz CT molecular complexity index is 894. The zero-order chi connectivity index (χ0) is 18.7. The van der Waals surface area contributed by atoms with Gasteiger partial charge in [-0.3, -0.25) is 4.79 Å². The van der Waals surface area contributed by atoms with E-state index in [-0.39, 0.29) is 10.8 Å². The van der Waals surface area contributed by atoms with Crippen molar-refractivity contribution in [3.05, 3.63) is 59.7 Å². The largest absolute Gasteiger partial charge is 0.497 e. The van der Waals surface area contributed by atoms with Crippen molar-refractivity contribution in [2.45, 2.75) is 30.8 Å². The third-order valence-corrected chi connectivity index (χ3v) is 6.07. The smallest absolute Gasteiger partial charge is 0.241 e. The highest BCUT2D eigenvalue weighted by molar-refractivity contribution is 7.89. The predicted molar refractivity (Wildman–Crippen MR) is 98.3 cm³/mol. The van der Waals surface area contributed by atoms with Crippen LogP contribution in [0.3, 0.4) is 0 Å². The normalized spacial score (nSPS) is 15.2. The number of benzene rings is 2. The summed E-state index contributed by atoms with van der Waals surface area (Å²) in [4.78, 5) is 14.5. The molecule has 0 unspecified atom stereocenters. The van der Waals surface area contributed by atoms with Gasteiger partial charge < -0.3 is 9.64 Å². The third kappa shape index (κ3) is 3.89. The molecule has 0 radical (unpaired) electrons. The van der Waals surface area contributed by atoms with Crippen LogP contribution in [-0.2, 0) is 27.8 Å². The van der Waals surface area contributed by atoms with Gasteiger partial charge in [0, 0.05) is 13.1 Å². The molecule has 1 atom stereocenters. The van der Waals surface area contributed by atoms with E-state index in [0.29, 0.717) is 18.8 Å². The number of fused-ring (bicyclic) bond motifs is 1. The van der Waals surface area contributed by atoms with Gasteiger partial charge in [-0.25, -0.2) is 8.42 Å². The first-order chi connectivity index (χ1) is 12.4. The molecule has 26 heavy (non-hydrogen) atoms. The molecule has 0 aromatic heterocycles. The van der Waals surface area contributed by atoms with Crippen LogP contribution in [0.1, 0.15) is 18.1 Å². The van der Waals surface area contributed by atoms with Gasteiger partial charge in [0.05, 0.1) is 18.0 Å². The number of amides is 1. The SMILES string of the molecule is COc1ccc(S(=O)(=O)N[C@H](C)C(=O)N2CCc3ccccc3C2)cc1. The van der Waals surface area contributed by atoms with Gasteiger partial charge in [-0.15, -0.1) is 0 Å². The average molecular weight is 374 g/mol. The fraction of sp³-hybridized carbons (Fsp3) is 0.316. The number of nitrogens with one attached hydrogen (secondary N) is 1. The maximum Gasteiger partial charge on any atom is 0.241 e. The van der Waals surface area contributed by atoms with Crippen molar-refractivity contribution in [2.24, 2.45) is 0 Å². The van der Waals surface area contributed by atoms with Crippen LogP contribution < -0.4 is 9.46 Å². The molecule has 1 aliphatic heterocycles. The molecule has 1 amide bonds. The number of methoxy groups -OCH3 is 1. The summed E-state index contributed by atoms with van der Waals surface area (Å²) in [6, 6.07) is 13.2. The number of hydrogen-bond acceptors (Lipinski definition) is 4. The van der Waals surface area contributed by atoms with Crippen LogP contribution in [0.25, 0.3) is 0 Å². The summed E-state index contributed by atoms with van der Waals surface area (Å²) in [5, 5.41) is 0. The Morgan fingerprint density at radius 2 is 1.77 bits per heavy atom. The molecule has 3 rings (SSSR count). The minimum atomic E-state index is -3.78. The zero-order valence-electron chi connectivity index (χ0n) is 14.8. The fourth-order valence-electron chi connectivity index (χ4n) is 3.06.